The Morgan fingerprint density at radius 1 is 1.29 bits per heavy atom. The maximum Gasteiger partial charge on any atom is 0.194 e. The van der Waals surface area contributed by atoms with Crippen LogP contribution in [0.4, 0.5) is 0 Å². The van der Waals surface area contributed by atoms with Crippen LogP contribution in [0.1, 0.15) is 23.7 Å². The van der Waals surface area contributed by atoms with Crippen molar-refractivity contribution in [3.05, 3.63) is 43.2 Å². The van der Waals surface area contributed by atoms with Crippen LogP contribution in [0.3, 0.4) is 0 Å². The molecule has 0 saturated heterocycles. The zero-order chi connectivity index (χ0) is 12.7. The van der Waals surface area contributed by atoms with E-state index in [0.29, 0.717) is 26.5 Å². The average molecular weight is 270 g/mol. The van der Waals surface area contributed by atoms with Crippen LogP contribution < -0.4 is 5.43 Å². The summed E-state index contributed by atoms with van der Waals surface area (Å²) in [4.78, 5) is 15.5. The van der Waals surface area contributed by atoms with Gasteiger partial charge < -0.3 is 4.98 Å². The summed E-state index contributed by atoms with van der Waals surface area (Å²) in [6.45, 7) is 5.65. The van der Waals surface area contributed by atoms with E-state index in [0.717, 1.165) is 17.7 Å². The summed E-state index contributed by atoms with van der Waals surface area (Å²) in [6, 6.07) is 1.77. The van der Waals surface area contributed by atoms with Crippen molar-refractivity contribution in [2.24, 2.45) is 0 Å². The van der Waals surface area contributed by atoms with Crippen molar-refractivity contribution >= 4 is 34.1 Å². The molecule has 0 aliphatic carbocycles. The number of hydrogen-bond donors (Lipinski definition) is 1. The molecule has 2 rings (SSSR count). The Labute approximate surface area is 110 Å². The summed E-state index contributed by atoms with van der Waals surface area (Å²) in [5, 5.41) is 1.51. The molecule has 0 fully saturated rings. The summed E-state index contributed by atoms with van der Waals surface area (Å²) in [5.41, 5.74) is 3.03. The molecule has 2 nitrogen and oxygen atoms in total. The Morgan fingerprint density at radius 3 is 2.53 bits per heavy atom. The molecule has 0 atom stereocenters. The van der Waals surface area contributed by atoms with Gasteiger partial charge in [-0.05, 0) is 31.9 Å². The summed E-state index contributed by atoms with van der Waals surface area (Å²) in [5.74, 6) is 0. The zero-order valence-electron chi connectivity index (χ0n) is 9.95. The average Bonchev–Trinajstić information content (AvgIpc) is 2.29. The fourth-order valence-corrected chi connectivity index (χ4v) is 2.55. The first-order valence-electron chi connectivity index (χ1n) is 5.47. The van der Waals surface area contributed by atoms with Crippen LogP contribution in [0.2, 0.25) is 10.0 Å². The number of halogens is 2. The first kappa shape index (κ1) is 12.5. The first-order valence-corrected chi connectivity index (χ1v) is 6.23. The Balaban J connectivity index is 3.07. The van der Waals surface area contributed by atoms with E-state index in [4.69, 9.17) is 23.2 Å². The van der Waals surface area contributed by atoms with Crippen LogP contribution in [0.5, 0.6) is 0 Å². The summed E-state index contributed by atoms with van der Waals surface area (Å²) in [6.07, 6.45) is 0.763. The predicted octanol–water partition coefficient (Wildman–Crippen LogP) is 4.01. The number of nitrogens with one attached hydrogen (secondary N) is 1. The number of aryl methyl sites for hydroxylation is 2. The van der Waals surface area contributed by atoms with Crippen LogP contribution in [0, 0.1) is 13.8 Å². The van der Waals surface area contributed by atoms with Crippen molar-refractivity contribution < 1.29 is 0 Å². The maximum atomic E-state index is 12.3. The number of aromatic amines is 1. The molecule has 0 radical (unpaired) electrons. The zero-order valence-corrected chi connectivity index (χ0v) is 11.5. The summed E-state index contributed by atoms with van der Waals surface area (Å²) in [7, 11) is 0. The molecule has 90 valence electrons. The Bertz CT molecular complexity index is 659. The van der Waals surface area contributed by atoms with Gasteiger partial charge in [-0.3, -0.25) is 4.79 Å². The van der Waals surface area contributed by atoms with Gasteiger partial charge in [0.1, 0.15) is 0 Å². The van der Waals surface area contributed by atoms with Gasteiger partial charge in [0.05, 0.1) is 20.9 Å². The Morgan fingerprint density at radius 2 is 1.94 bits per heavy atom. The third-order valence-corrected chi connectivity index (χ3v) is 3.83. The van der Waals surface area contributed by atoms with Crippen LogP contribution in [0.25, 0.3) is 10.9 Å². The number of pyridine rings is 1. The minimum absolute atomic E-state index is 0.0359. The molecule has 0 aliphatic heterocycles. The van der Waals surface area contributed by atoms with Crippen LogP contribution in [-0.2, 0) is 6.42 Å². The molecule has 0 spiro atoms. The van der Waals surface area contributed by atoms with E-state index in [1.165, 1.54) is 0 Å². The Kier molecular flexibility index (Phi) is 3.19. The third kappa shape index (κ3) is 1.85. The van der Waals surface area contributed by atoms with E-state index < -0.39 is 0 Å². The minimum atomic E-state index is -0.0359. The molecule has 0 amide bonds. The predicted molar refractivity (Wildman–Crippen MR) is 73.4 cm³/mol. The molecule has 1 aromatic carbocycles. The lowest BCUT2D eigenvalue weighted by Crippen LogP contribution is -2.12. The molecular weight excluding hydrogens is 257 g/mol. The normalized spacial score (nSPS) is 11.1. The van der Waals surface area contributed by atoms with Crippen molar-refractivity contribution in [3.8, 4) is 0 Å². The molecule has 1 aromatic heterocycles. The smallest absolute Gasteiger partial charge is 0.194 e. The monoisotopic (exact) mass is 269 g/mol. The van der Waals surface area contributed by atoms with Crippen molar-refractivity contribution in [2.75, 3.05) is 0 Å². The highest BCUT2D eigenvalue weighted by molar-refractivity contribution is 6.40. The fraction of sp³-hybridized carbons (Fsp3) is 0.308. The molecule has 17 heavy (non-hydrogen) atoms. The lowest BCUT2D eigenvalue weighted by atomic mass is 10.1. The number of rotatable bonds is 1. The van der Waals surface area contributed by atoms with Crippen LogP contribution in [0.15, 0.2) is 10.9 Å². The van der Waals surface area contributed by atoms with Gasteiger partial charge in [0, 0.05) is 11.3 Å². The van der Waals surface area contributed by atoms with Crippen molar-refractivity contribution in [3.63, 3.8) is 0 Å². The minimum Gasteiger partial charge on any atom is -0.357 e. The van der Waals surface area contributed by atoms with E-state index in [2.05, 4.69) is 4.98 Å². The number of H-pyrrole nitrogens is 1. The van der Waals surface area contributed by atoms with Crippen molar-refractivity contribution in [1.29, 1.82) is 0 Å². The molecule has 2 aromatic rings. The topological polar surface area (TPSA) is 32.9 Å². The second-order valence-electron chi connectivity index (χ2n) is 4.15. The van der Waals surface area contributed by atoms with Crippen LogP contribution >= 0.6 is 23.2 Å². The highest BCUT2D eigenvalue weighted by atomic mass is 35.5. The highest BCUT2D eigenvalue weighted by Gasteiger charge is 2.14. The van der Waals surface area contributed by atoms with E-state index >= 15 is 0 Å². The largest absolute Gasteiger partial charge is 0.357 e. The van der Waals surface area contributed by atoms with Gasteiger partial charge in [0.25, 0.3) is 0 Å². The number of hydrogen-bond acceptors (Lipinski definition) is 1. The fourth-order valence-electron chi connectivity index (χ4n) is 2.01. The van der Waals surface area contributed by atoms with Gasteiger partial charge in [-0.2, -0.15) is 0 Å². The van der Waals surface area contributed by atoms with Gasteiger partial charge >= 0.3 is 0 Å². The second kappa shape index (κ2) is 4.35. The van der Waals surface area contributed by atoms with Gasteiger partial charge in [-0.15, -0.1) is 0 Å². The molecule has 0 unspecified atom stereocenters. The van der Waals surface area contributed by atoms with Gasteiger partial charge in [0.15, 0.2) is 5.43 Å². The summed E-state index contributed by atoms with van der Waals surface area (Å²) < 4.78 is 0. The molecule has 0 bridgehead atoms. The summed E-state index contributed by atoms with van der Waals surface area (Å²) >= 11 is 12.4. The van der Waals surface area contributed by atoms with Crippen LogP contribution in [-0.4, -0.2) is 4.98 Å². The van der Waals surface area contributed by atoms with E-state index in [9.17, 15) is 4.79 Å². The lowest BCUT2D eigenvalue weighted by molar-refractivity contribution is 1.02. The van der Waals surface area contributed by atoms with Crippen molar-refractivity contribution in [1.82, 2.24) is 4.98 Å². The highest BCUT2D eigenvalue weighted by Crippen LogP contribution is 2.30. The molecule has 0 aliphatic rings. The molecular formula is C13H13Cl2NO. The maximum absolute atomic E-state index is 12.3. The SMILES string of the molecule is CCc1[nH]c2c(Cl)cc(C)c(Cl)c2c(=O)c1C. The van der Waals surface area contributed by atoms with E-state index in [1.807, 2.05) is 20.8 Å². The van der Waals surface area contributed by atoms with E-state index in [1.54, 1.807) is 6.07 Å². The third-order valence-electron chi connectivity index (χ3n) is 3.05. The first-order chi connectivity index (χ1) is 7.97. The van der Waals surface area contributed by atoms with Gasteiger partial charge in [-0.1, -0.05) is 30.1 Å². The molecule has 4 heteroatoms. The molecule has 1 heterocycles. The number of fused-ring (bicyclic) bond motifs is 1. The second-order valence-corrected chi connectivity index (χ2v) is 4.94. The van der Waals surface area contributed by atoms with Crippen molar-refractivity contribution in [2.45, 2.75) is 27.2 Å². The van der Waals surface area contributed by atoms with Gasteiger partial charge in [0.2, 0.25) is 0 Å². The number of aromatic nitrogens is 1. The van der Waals surface area contributed by atoms with E-state index in [-0.39, 0.29) is 5.43 Å². The standard InChI is InChI=1S/C13H13Cl2NO/c1-4-9-7(3)13(17)10-11(15)6(2)5-8(14)12(10)16-9/h5H,4H2,1-3H3,(H,16,17). The van der Waals surface area contributed by atoms with Gasteiger partial charge in [-0.25, -0.2) is 0 Å². The quantitative estimate of drug-likeness (QED) is 0.834. The number of benzene rings is 1. The Hall–Kier alpha value is -0.990. The lowest BCUT2D eigenvalue weighted by Gasteiger charge is -2.10. The molecule has 0 saturated carbocycles. The molecule has 1 N–H and O–H groups in total.